The first-order valence-electron chi connectivity index (χ1n) is 10.7. The summed E-state index contributed by atoms with van der Waals surface area (Å²) in [5, 5.41) is 12.6. The Kier molecular flexibility index (Phi) is 5.17. The Morgan fingerprint density at radius 2 is 1.88 bits per heavy atom. The zero-order valence-corrected chi connectivity index (χ0v) is 19.0. The van der Waals surface area contributed by atoms with Gasteiger partial charge in [0.25, 0.3) is 0 Å². The molecule has 0 unspecified atom stereocenters. The van der Waals surface area contributed by atoms with E-state index in [2.05, 4.69) is 31.2 Å². The third-order valence-electron chi connectivity index (χ3n) is 5.90. The van der Waals surface area contributed by atoms with Crippen molar-refractivity contribution in [1.29, 1.82) is 0 Å². The number of para-hydroxylation sites is 2. The first-order chi connectivity index (χ1) is 15.8. The van der Waals surface area contributed by atoms with Crippen molar-refractivity contribution in [1.82, 2.24) is 9.97 Å². The van der Waals surface area contributed by atoms with E-state index in [0.29, 0.717) is 28.2 Å². The fourth-order valence-corrected chi connectivity index (χ4v) is 3.84. The zero-order chi connectivity index (χ0) is 23.2. The van der Waals surface area contributed by atoms with E-state index in [1.807, 2.05) is 56.3 Å². The van der Waals surface area contributed by atoms with Crippen molar-refractivity contribution in [2.45, 2.75) is 32.1 Å². The molecule has 1 fully saturated rings. The van der Waals surface area contributed by atoms with Crippen LogP contribution in [-0.2, 0) is 15.0 Å². The van der Waals surface area contributed by atoms with Crippen LogP contribution in [0.1, 0.15) is 32.3 Å². The number of rotatable bonds is 6. The Labute approximate surface area is 196 Å². The number of carbonyl (C=O) groups is 2. The van der Waals surface area contributed by atoms with Crippen LogP contribution < -0.4 is 21.3 Å². The van der Waals surface area contributed by atoms with Gasteiger partial charge in [0.05, 0.1) is 23.0 Å². The summed E-state index contributed by atoms with van der Waals surface area (Å²) in [6, 6.07) is 13.0. The van der Waals surface area contributed by atoms with E-state index in [1.165, 1.54) is 6.20 Å². The maximum Gasteiger partial charge on any atom is 0.234 e. The fourth-order valence-electron chi connectivity index (χ4n) is 3.70. The van der Waals surface area contributed by atoms with Crippen molar-refractivity contribution in [3.8, 4) is 0 Å². The van der Waals surface area contributed by atoms with Gasteiger partial charge in [0.1, 0.15) is 5.02 Å². The number of halogens is 1. The molecule has 1 aromatic heterocycles. The van der Waals surface area contributed by atoms with Gasteiger partial charge in [0.2, 0.25) is 17.8 Å². The molecule has 0 atom stereocenters. The molecule has 4 N–H and O–H groups in total. The van der Waals surface area contributed by atoms with Crippen molar-refractivity contribution in [2.24, 2.45) is 5.92 Å². The summed E-state index contributed by atoms with van der Waals surface area (Å²) in [4.78, 5) is 33.2. The van der Waals surface area contributed by atoms with E-state index in [-0.39, 0.29) is 17.7 Å². The maximum absolute atomic E-state index is 12.2. The fraction of sp³-hybridized carbons (Fsp3) is 0.250. The number of amides is 2. The molecule has 1 aliphatic carbocycles. The van der Waals surface area contributed by atoms with Crippen LogP contribution in [0.4, 0.5) is 34.5 Å². The molecule has 1 saturated carbocycles. The molecule has 8 nitrogen and oxygen atoms in total. The molecule has 2 aliphatic rings. The Bertz CT molecular complexity index is 1270. The van der Waals surface area contributed by atoms with Crippen LogP contribution in [0.15, 0.2) is 48.7 Å². The SMILES string of the molecule is CC1(C)C(=O)Nc2ccc(Nc3ncc(Cl)c(Nc4ccccc4NC(=O)C4CC4)n3)cc21. The van der Waals surface area contributed by atoms with Gasteiger partial charge in [-0.2, -0.15) is 4.98 Å². The van der Waals surface area contributed by atoms with Crippen LogP contribution in [-0.4, -0.2) is 21.8 Å². The molecule has 2 heterocycles. The molecule has 2 aromatic carbocycles. The molecule has 9 heteroatoms. The summed E-state index contributed by atoms with van der Waals surface area (Å²) < 4.78 is 0. The smallest absolute Gasteiger partial charge is 0.234 e. The minimum absolute atomic E-state index is 0.0212. The lowest BCUT2D eigenvalue weighted by molar-refractivity contribution is -0.119. The zero-order valence-electron chi connectivity index (χ0n) is 18.2. The summed E-state index contributed by atoms with van der Waals surface area (Å²) in [7, 11) is 0. The molecule has 5 rings (SSSR count). The quantitative estimate of drug-likeness (QED) is 0.401. The summed E-state index contributed by atoms with van der Waals surface area (Å²) >= 11 is 6.35. The van der Waals surface area contributed by atoms with E-state index in [4.69, 9.17) is 11.6 Å². The Morgan fingerprint density at radius 1 is 1.12 bits per heavy atom. The highest BCUT2D eigenvalue weighted by molar-refractivity contribution is 6.33. The second-order valence-corrected chi connectivity index (χ2v) is 9.20. The van der Waals surface area contributed by atoms with Gasteiger partial charge in [0, 0.05) is 17.3 Å². The first-order valence-corrected chi connectivity index (χ1v) is 11.1. The Morgan fingerprint density at radius 3 is 2.64 bits per heavy atom. The van der Waals surface area contributed by atoms with Crippen LogP contribution in [0, 0.1) is 5.92 Å². The number of fused-ring (bicyclic) bond motifs is 1. The van der Waals surface area contributed by atoms with Gasteiger partial charge in [0.15, 0.2) is 5.82 Å². The second-order valence-electron chi connectivity index (χ2n) is 8.79. The molecule has 0 saturated heterocycles. The molecule has 168 valence electrons. The highest BCUT2D eigenvalue weighted by Gasteiger charge is 2.38. The van der Waals surface area contributed by atoms with Gasteiger partial charge in [-0.3, -0.25) is 9.59 Å². The van der Waals surface area contributed by atoms with E-state index < -0.39 is 5.41 Å². The number of benzene rings is 2. The second kappa shape index (κ2) is 8.04. The minimum Gasteiger partial charge on any atom is -0.337 e. The number of hydrogen-bond acceptors (Lipinski definition) is 6. The van der Waals surface area contributed by atoms with Gasteiger partial charge < -0.3 is 21.3 Å². The Hall–Kier alpha value is -3.65. The average molecular weight is 463 g/mol. The third kappa shape index (κ3) is 4.21. The maximum atomic E-state index is 12.2. The van der Waals surface area contributed by atoms with Crippen molar-refractivity contribution in [3.63, 3.8) is 0 Å². The van der Waals surface area contributed by atoms with Gasteiger partial charge in [-0.05, 0) is 62.6 Å². The van der Waals surface area contributed by atoms with Gasteiger partial charge in [-0.25, -0.2) is 4.98 Å². The van der Waals surface area contributed by atoms with Crippen LogP contribution in [0.3, 0.4) is 0 Å². The van der Waals surface area contributed by atoms with Crippen molar-refractivity contribution in [3.05, 3.63) is 59.2 Å². The van der Waals surface area contributed by atoms with E-state index in [0.717, 1.165) is 29.8 Å². The van der Waals surface area contributed by atoms with Crippen LogP contribution in [0.2, 0.25) is 5.02 Å². The van der Waals surface area contributed by atoms with E-state index in [9.17, 15) is 9.59 Å². The number of hydrogen-bond donors (Lipinski definition) is 4. The summed E-state index contributed by atoms with van der Waals surface area (Å²) in [5.41, 5.74) is 3.20. The highest BCUT2D eigenvalue weighted by Crippen LogP contribution is 2.39. The summed E-state index contributed by atoms with van der Waals surface area (Å²) in [5.74, 6) is 0.834. The van der Waals surface area contributed by atoms with E-state index >= 15 is 0 Å². The van der Waals surface area contributed by atoms with Crippen LogP contribution >= 0.6 is 11.6 Å². The molecule has 33 heavy (non-hydrogen) atoms. The molecule has 0 bridgehead atoms. The monoisotopic (exact) mass is 462 g/mol. The number of carbonyl (C=O) groups excluding carboxylic acids is 2. The average Bonchev–Trinajstić information content (AvgIpc) is 3.61. The molecule has 0 radical (unpaired) electrons. The summed E-state index contributed by atoms with van der Waals surface area (Å²) in [6.07, 6.45) is 3.36. The van der Waals surface area contributed by atoms with Gasteiger partial charge >= 0.3 is 0 Å². The lowest BCUT2D eigenvalue weighted by atomic mass is 9.86. The predicted molar refractivity (Wildman–Crippen MR) is 130 cm³/mol. The number of nitrogens with zero attached hydrogens (tertiary/aromatic N) is 2. The molecule has 3 aromatic rings. The van der Waals surface area contributed by atoms with Crippen LogP contribution in [0.5, 0.6) is 0 Å². The molecular weight excluding hydrogens is 440 g/mol. The van der Waals surface area contributed by atoms with Gasteiger partial charge in [-0.15, -0.1) is 0 Å². The lowest BCUT2D eigenvalue weighted by Crippen LogP contribution is -2.26. The number of nitrogens with one attached hydrogen (secondary N) is 4. The number of aromatic nitrogens is 2. The summed E-state index contributed by atoms with van der Waals surface area (Å²) in [6.45, 7) is 3.77. The first kappa shape index (κ1) is 21.2. The third-order valence-corrected chi connectivity index (χ3v) is 6.17. The Balaban J connectivity index is 1.38. The van der Waals surface area contributed by atoms with Crippen molar-refractivity contribution >= 4 is 57.9 Å². The van der Waals surface area contributed by atoms with Crippen molar-refractivity contribution in [2.75, 3.05) is 21.3 Å². The molecule has 1 aliphatic heterocycles. The van der Waals surface area contributed by atoms with Crippen molar-refractivity contribution < 1.29 is 9.59 Å². The van der Waals surface area contributed by atoms with Crippen LogP contribution in [0.25, 0.3) is 0 Å². The molecular formula is C24H23ClN6O2. The number of anilines is 6. The standard InChI is InChI=1S/C24H23ClN6O2/c1-24(2)15-11-14(9-10-17(15)30-22(24)33)27-23-26-12-16(25)20(31-23)28-18-5-3-4-6-19(18)29-21(32)13-7-8-13/h3-6,9-13H,7-8H2,1-2H3,(H,29,32)(H,30,33)(H2,26,27,28,31). The van der Waals surface area contributed by atoms with E-state index in [1.54, 1.807) is 0 Å². The largest absolute Gasteiger partial charge is 0.337 e. The highest BCUT2D eigenvalue weighted by atomic mass is 35.5. The van der Waals surface area contributed by atoms with Gasteiger partial charge in [-0.1, -0.05) is 23.7 Å². The molecule has 2 amide bonds. The topological polar surface area (TPSA) is 108 Å². The molecule has 0 spiro atoms. The normalized spacial score (nSPS) is 16.0. The lowest BCUT2D eigenvalue weighted by Gasteiger charge is -2.16. The minimum atomic E-state index is -0.616. The predicted octanol–water partition coefficient (Wildman–Crippen LogP) is 5.20.